The minimum absolute atomic E-state index is 0.0708. The first-order valence-corrected chi connectivity index (χ1v) is 8.56. The number of morpholine rings is 1. The Labute approximate surface area is 148 Å². The van der Waals surface area contributed by atoms with Crippen molar-refractivity contribution in [2.75, 3.05) is 19.7 Å². The van der Waals surface area contributed by atoms with Gasteiger partial charge in [-0.15, -0.1) is 0 Å². The van der Waals surface area contributed by atoms with Crippen LogP contribution in [-0.4, -0.2) is 40.5 Å². The molecule has 6 nitrogen and oxygen atoms in total. The Balaban J connectivity index is 1.66. The molecular weight excluding hydrogens is 316 g/mol. The van der Waals surface area contributed by atoms with Crippen LogP contribution in [0.5, 0.6) is 0 Å². The van der Waals surface area contributed by atoms with Crippen molar-refractivity contribution in [2.24, 2.45) is 0 Å². The monoisotopic (exact) mass is 340 g/mol. The van der Waals surface area contributed by atoms with Crippen molar-refractivity contribution < 1.29 is 9.53 Å². The number of hydrogen-bond donors (Lipinski definition) is 1. The van der Waals surface area contributed by atoms with Crippen molar-refractivity contribution in [2.45, 2.75) is 33.0 Å². The second-order valence-electron chi connectivity index (χ2n) is 6.34. The molecule has 0 bridgehead atoms. The molecule has 132 valence electrons. The number of rotatable bonds is 5. The molecule has 1 aliphatic heterocycles. The van der Waals surface area contributed by atoms with E-state index in [9.17, 15) is 4.79 Å². The summed E-state index contributed by atoms with van der Waals surface area (Å²) < 4.78 is 5.89. The topological polar surface area (TPSA) is 67.4 Å². The second kappa shape index (κ2) is 8.18. The highest BCUT2D eigenvalue weighted by Gasteiger charge is 2.24. The summed E-state index contributed by atoms with van der Waals surface area (Å²) in [4.78, 5) is 22.4. The molecule has 1 aliphatic rings. The number of ether oxygens (including phenoxy) is 1. The van der Waals surface area contributed by atoms with Gasteiger partial charge in [-0.1, -0.05) is 24.3 Å². The molecule has 1 aromatic carbocycles. The first-order chi connectivity index (χ1) is 12.1. The molecule has 1 fully saturated rings. The van der Waals surface area contributed by atoms with Gasteiger partial charge >= 0.3 is 0 Å². The van der Waals surface area contributed by atoms with Crippen LogP contribution in [0, 0.1) is 6.92 Å². The Morgan fingerprint density at radius 2 is 2.20 bits per heavy atom. The van der Waals surface area contributed by atoms with E-state index >= 15 is 0 Å². The molecule has 1 aromatic heterocycles. The molecule has 1 amide bonds. The van der Waals surface area contributed by atoms with Crippen LogP contribution in [0.15, 0.2) is 36.5 Å². The molecule has 3 rings (SSSR count). The second-order valence-corrected chi connectivity index (χ2v) is 6.34. The number of carbonyl (C=O) groups excluding carboxylic acids is 1. The van der Waals surface area contributed by atoms with Crippen LogP contribution in [0.2, 0.25) is 0 Å². The van der Waals surface area contributed by atoms with Crippen LogP contribution < -0.4 is 5.32 Å². The number of amides is 1. The number of nitrogens with zero attached hydrogens (tertiary/aromatic N) is 3. The summed E-state index contributed by atoms with van der Waals surface area (Å²) in [6.45, 7) is 7.27. The van der Waals surface area contributed by atoms with Gasteiger partial charge in [-0.3, -0.25) is 9.69 Å². The number of carbonyl (C=O) groups is 1. The Morgan fingerprint density at radius 1 is 1.36 bits per heavy atom. The zero-order chi connectivity index (χ0) is 17.6. The Hall–Kier alpha value is -2.31. The normalized spacial score (nSPS) is 18.1. The van der Waals surface area contributed by atoms with Crippen molar-refractivity contribution in [3.05, 3.63) is 59.2 Å². The van der Waals surface area contributed by atoms with E-state index in [1.165, 1.54) is 18.1 Å². The van der Waals surface area contributed by atoms with Crippen LogP contribution in [0.1, 0.15) is 35.7 Å². The Bertz CT molecular complexity index is 735. The first kappa shape index (κ1) is 17.5. The summed E-state index contributed by atoms with van der Waals surface area (Å²) >= 11 is 0. The number of aryl methyl sites for hydroxylation is 1. The molecule has 0 spiro atoms. The SMILES string of the molecule is CC(=O)NCc1ccnc([C@@H]2CN(Cc3ccccc3C)CCO2)n1. The van der Waals surface area contributed by atoms with Crippen LogP contribution in [-0.2, 0) is 22.6 Å². The standard InChI is InChI=1S/C19H24N4O2/c1-14-5-3-4-6-16(14)12-23-9-10-25-18(13-23)19-20-8-7-17(22-19)11-21-15(2)24/h3-8,18H,9-13H2,1-2H3,(H,21,24)/t18-/m0/s1. The van der Waals surface area contributed by atoms with E-state index < -0.39 is 0 Å². The molecule has 2 aromatic rings. The van der Waals surface area contributed by atoms with Crippen molar-refractivity contribution in [3.63, 3.8) is 0 Å². The molecule has 1 atom stereocenters. The molecule has 1 N–H and O–H groups in total. The maximum atomic E-state index is 11.1. The van der Waals surface area contributed by atoms with Gasteiger partial charge < -0.3 is 10.1 Å². The minimum atomic E-state index is -0.143. The maximum absolute atomic E-state index is 11.1. The summed E-state index contributed by atoms with van der Waals surface area (Å²) in [7, 11) is 0. The lowest BCUT2D eigenvalue weighted by Crippen LogP contribution is -2.38. The summed E-state index contributed by atoms with van der Waals surface area (Å²) in [6, 6.07) is 10.3. The fourth-order valence-electron chi connectivity index (χ4n) is 2.91. The predicted octanol–water partition coefficient (Wildman–Crippen LogP) is 1.99. The Morgan fingerprint density at radius 3 is 3.00 bits per heavy atom. The van der Waals surface area contributed by atoms with Crippen LogP contribution >= 0.6 is 0 Å². The van der Waals surface area contributed by atoms with Gasteiger partial charge in [0, 0.05) is 32.8 Å². The quantitative estimate of drug-likeness (QED) is 0.902. The van der Waals surface area contributed by atoms with Crippen molar-refractivity contribution >= 4 is 5.91 Å². The van der Waals surface area contributed by atoms with E-state index in [2.05, 4.69) is 51.4 Å². The third-order valence-corrected chi connectivity index (χ3v) is 4.34. The lowest BCUT2D eigenvalue weighted by Gasteiger charge is -2.32. The van der Waals surface area contributed by atoms with Gasteiger partial charge in [-0.25, -0.2) is 9.97 Å². The van der Waals surface area contributed by atoms with E-state index in [0.717, 1.165) is 25.3 Å². The summed E-state index contributed by atoms with van der Waals surface area (Å²) in [5, 5.41) is 2.76. The van der Waals surface area contributed by atoms with Gasteiger partial charge in [0.25, 0.3) is 0 Å². The van der Waals surface area contributed by atoms with Crippen LogP contribution in [0.25, 0.3) is 0 Å². The van der Waals surface area contributed by atoms with Crippen molar-refractivity contribution in [1.82, 2.24) is 20.2 Å². The molecule has 0 saturated carbocycles. The predicted molar refractivity (Wildman–Crippen MR) is 94.7 cm³/mol. The van der Waals surface area contributed by atoms with E-state index in [0.29, 0.717) is 19.0 Å². The third kappa shape index (κ3) is 4.84. The van der Waals surface area contributed by atoms with Gasteiger partial charge in [-0.2, -0.15) is 0 Å². The van der Waals surface area contributed by atoms with E-state index in [4.69, 9.17) is 4.74 Å². The van der Waals surface area contributed by atoms with E-state index in [-0.39, 0.29) is 12.0 Å². The third-order valence-electron chi connectivity index (χ3n) is 4.34. The highest BCUT2D eigenvalue weighted by atomic mass is 16.5. The fraction of sp³-hybridized carbons (Fsp3) is 0.421. The van der Waals surface area contributed by atoms with Gasteiger partial charge in [-0.05, 0) is 24.1 Å². The van der Waals surface area contributed by atoms with E-state index in [1.807, 2.05) is 6.07 Å². The number of aromatic nitrogens is 2. The maximum Gasteiger partial charge on any atom is 0.217 e. The van der Waals surface area contributed by atoms with Crippen LogP contribution in [0.3, 0.4) is 0 Å². The lowest BCUT2D eigenvalue weighted by molar-refractivity contribution is -0.119. The van der Waals surface area contributed by atoms with Crippen molar-refractivity contribution in [1.29, 1.82) is 0 Å². The number of hydrogen-bond acceptors (Lipinski definition) is 5. The number of benzene rings is 1. The first-order valence-electron chi connectivity index (χ1n) is 8.56. The molecule has 2 heterocycles. The highest BCUT2D eigenvalue weighted by Crippen LogP contribution is 2.21. The smallest absolute Gasteiger partial charge is 0.217 e. The summed E-state index contributed by atoms with van der Waals surface area (Å²) in [5.74, 6) is 0.607. The molecule has 25 heavy (non-hydrogen) atoms. The van der Waals surface area contributed by atoms with Crippen LogP contribution in [0.4, 0.5) is 0 Å². The molecule has 0 unspecified atom stereocenters. The van der Waals surface area contributed by atoms with Gasteiger partial charge in [0.15, 0.2) is 5.82 Å². The molecule has 1 saturated heterocycles. The number of nitrogens with one attached hydrogen (secondary N) is 1. The minimum Gasteiger partial charge on any atom is -0.368 e. The average molecular weight is 340 g/mol. The molecule has 0 aliphatic carbocycles. The van der Waals surface area contributed by atoms with Gasteiger partial charge in [0.1, 0.15) is 6.10 Å². The average Bonchev–Trinajstić information content (AvgIpc) is 2.62. The molecule has 6 heteroatoms. The van der Waals surface area contributed by atoms with Gasteiger partial charge in [0.2, 0.25) is 5.91 Å². The van der Waals surface area contributed by atoms with Gasteiger partial charge in [0.05, 0.1) is 18.8 Å². The lowest BCUT2D eigenvalue weighted by atomic mass is 10.1. The fourth-order valence-corrected chi connectivity index (χ4v) is 2.91. The van der Waals surface area contributed by atoms with E-state index in [1.54, 1.807) is 6.20 Å². The zero-order valence-electron chi connectivity index (χ0n) is 14.7. The Kier molecular flexibility index (Phi) is 5.73. The largest absolute Gasteiger partial charge is 0.368 e. The zero-order valence-corrected chi connectivity index (χ0v) is 14.7. The molecular formula is C19H24N4O2. The molecule has 0 radical (unpaired) electrons. The van der Waals surface area contributed by atoms with Crippen molar-refractivity contribution in [3.8, 4) is 0 Å². The highest BCUT2D eigenvalue weighted by molar-refractivity contribution is 5.72. The summed E-state index contributed by atoms with van der Waals surface area (Å²) in [6.07, 6.45) is 1.58. The summed E-state index contributed by atoms with van der Waals surface area (Å²) in [5.41, 5.74) is 3.43.